The number of benzene rings is 1. The van der Waals surface area contributed by atoms with Crippen LogP contribution in [-0.2, 0) is 12.8 Å². The molecule has 1 aromatic heterocycles. The SMILES string of the molecule is CC(C)[Si](Sc1ccc2c3c([nH]c2c1)CCC3)(C(C)C)C(C)C. The van der Waals surface area contributed by atoms with Crippen LogP contribution < -0.4 is 0 Å². The number of H-pyrrole nitrogens is 1. The van der Waals surface area contributed by atoms with Gasteiger partial charge < -0.3 is 4.98 Å². The fourth-order valence-corrected chi connectivity index (χ4v) is 14.0. The Hall–Kier alpha value is -0.673. The van der Waals surface area contributed by atoms with Gasteiger partial charge in [-0.15, -0.1) is 0 Å². The Morgan fingerprint density at radius 3 is 2.22 bits per heavy atom. The number of nitrogens with one attached hydrogen (secondary N) is 1. The van der Waals surface area contributed by atoms with Crippen LogP contribution in [0.1, 0.15) is 59.2 Å². The van der Waals surface area contributed by atoms with E-state index in [2.05, 4.69) is 75.9 Å². The first kappa shape index (κ1) is 17.2. The standard InChI is InChI=1S/C20H31NSSi/c1-13(2)23(14(3)4,15(5)6)22-16-10-11-18-17-8-7-9-19(17)21-20(18)12-16/h10-15,21H,7-9H2,1-6H3. The molecule has 0 bridgehead atoms. The fourth-order valence-electron chi connectivity index (χ4n) is 4.85. The summed E-state index contributed by atoms with van der Waals surface area (Å²) in [4.78, 5) is 5.16. The van der Waals surface area contributed by atoms with Gasteiger partial charge in [0.15, 0.2) is 0 Å². The van der Waals surface area contributed by atoms with Gasteiger partial charge in [-0.3, -0.25) is 0 Å². The van der Waals surface area contributed by atoms with Crippen molar-refractivity contribution in [1.29, 1.82) is 0 Å². The molecular formula is C20H31NSSi. The Kier molecular flexibility index (Phi) is 4.72. The van der Waals surface area contributed by atoms with E-state index in [1.807, 2.05) is 0 Å². The minimum atomic E-state index is -1.45. The van der Waals surface area contributed by atoms with Crippen LogP contribution in [-0.4, -0.2) is 12.2 Å². The first-order valence-corrected chi connectivity index (χ1v) is 13.0. The molecule has 0 radical (unpaired) electrons. The molecule has 2 aromatic rings. The van der Waals surface area contributed by atoms with E-state index in [-0.39, 0.29) is 0 Å². The van der Waals surface area contributed by atoms with Gasteiger partial charge >= 0.3 is 0 Å². The van der Waals surface area contributed by atoms with Crippen LogP contribution in [0.3, 0.4) is 0 Å². The van der Waals surface area contributed by atoms with Gasteiger partial charge in [-0.05, 0) is 53.6 Å². The summed E-state index contributed by atoms with van der Waals surface area (Å²) in [6, 6.07) is 7.18. The molecule has 0 aliphatic heterocycles. The average molecular weight is 346 g/mol. The molecule has 1 aliphatic carbocycles. The van der Waals surface area contributed by atoms with Crippen molar-refractivity contribution in [3.8, 4) is 0 Å². The van der Waals surface area contributed by atoms with Crippen molar-refractivity contribution in [1.82, 2.24) is 4.98 Å². The maximum atomic E-state index is 3.69. The summed E-state index contributed by atoms with van der Waals surface area (Å²) in [6.07, 6.45) is 3.80. The third-order valence-electron chi connectivity index (χ3n) is 5.82. The second-order valence-corrected chi connectivity index (χ2v) is 16.6. The van der Waals surface area contributed by atoms with E-state index in [4.69, 9.17) is 0 Å². The zero-order valence-corrected chi connectivity index (χ0v) is 17.3. The fraction of sp³-hybridized carbons (Fsp3) is 0.600. The predicted molar refractivity (Wildman–Crippen MR) is 107 cm³/mol. The van der Waals surface area contributed by atoms with Crippen molar-refractivity contribution in [2.75, 3.05) is 0 Å². The Labute approximate surface area is 146 Å². The van der Waals surface area contributed by atoms with Crippen LogP contribution in [0, 0.1) is 0 Å². The Balaban J connectivity index is 1.99. The number of rotatable bonds is 5. The number of hydrogen-bond acceptors (Lipinski definition) is 1. The molecule has 1 N–H and O–H groups in total. The van der Waals surface area contributed by atoms with Crippen molar-refractivity contribution in [3.63, 3.8) is 0 Å². The van der Waals surface area contributed by atoms with E-state index in [0.29, 0.717) is 0 Å². The molecule has 3 rings (SSSR count). The molecule has 23 heavy (non-hydrogen) atoms. The van der Waals surface area contributed by atoms with E-state index in [0.717, 1.165) is 16.6 Å². The minimum Gasteiger partial charge on any atom is -0.358 e. The lowest BCUT2D eigenvalue weighted by atomic mass is 10.1. The van der Waals surface area contributed by atoms with Crippen LogP contribution in [0.5, 0.6) is 0 Å². The van der Waals surface area contributed by atoms with Crippen molar-refractivity contribution < 1.29 is 0 Å². The van der Waals surface area contributed by atoms with E-state index in [9.17, 15) is 0 Å². The van der Waals surface area contributed by atoms with E-state index >= 15 is 0 Å². The number of fused-ring (bicyclic) bond motifs is 3. The lowest BCUT2D eigenvalue weighted by Gasteiger charge is -2.42. The Morgan fingerprint density at radius 2 is 1.61 bits per heavy atom. The summed E-state index contributed by atoms with van der Waals surface area (Å²) in [5.74, 6) is 0. The molecule has 1 nitrogen and oxygen atoms in total. The number of aromatic amines is 1. The molecule has 0 spiro atoms. The van der Waals surface area contributed by atoms with Crippen LogP contribution in [0.15, 0.2) is 23.1 Å². The summed E-state index contributed by atoms with van der Waals surface area (Å²) < 4.78 is 0. The van der Waals surface area contributed by atoms with Crippen molar-refractivity contribution in [2.24, 2.45) is 0 Å². The van der Waals surface area contributed by atoms with Crippen LogP contribution >= 0.6 is 11.2 Å². The zero-order chi connectivity index (χ0) is 16.8. The van der Waals surface area contributed by atoms with Gasteiger partial charge in [0.1, 0.15) is 7.22 Å². The molecule has 3 heteroatoms. The maximum Gasteiger partial charge on any atom is 0.131 e. The lowest BCUT2D eigenvalue weighted by molar-refractivity contribution is 0.851. The molecule has 0 unspecified atom stereocenters. The number of aryl methyl sites for hydroxylation is 2. The van der Waals surface area contributed by atoms with E-state index in [1.165, 1.54) is 40.8 Å². The molecule has 1 aliphatic rings. The molecule has 1 heterocycles. The monoisotopic (exact) mass is 345 g/mol. The number of aromatic nitrogens is 1. The molecule has 0 fully saturated rings. The van der Waals surface area contributed by atoms with Crippen molar-refractivity contribution in [3.05, 3.63) is 29.5 Å². The molecule has 126 valence electrons. The summed E-state index contributed by atoms with van der Waals surface area (Å²) in [7, 11) is -1.45. The smallest absolute Gasteiger partial charge is 0.131 e. The van der Waals surface area contributed by atoms with Gasteiger partial charge in [-0.1, -0.05) is 47.6 Å². The summed E-state index contributed by atoms with van der Waals surface area (Å²) in [6.45, 7) is 14.7. The maximum absolute atomic E-state index is 3.69. The van der Waals surface area contributed by atoms with Gasteiger partial charge in [-0.2, -0.15) is 11.2 Å². The second kappa shape index (κ2) is 6.32. The highest BCUT2D eigenvalue weighted by atomic mass is 32.4. The third-order valence-corrected chi connectivity index (χ3v) is 18.1. The van der Waals surface area contributed by atoms with Gasteiger partial charge in [0, 0.05) is 21.5 Å². The Morgan fingerprint density at radius 1 is 0.957 bits per heavy atom. The highest BCUT2D eigenvalue weighted by Crippen LogP contribution is 2.52. The first-order valence-electron chi connectivity index (χ1n) is 9.18. The molecule has 0 atom stereocenters. The van der Waals surface area contributed by atoms with Gasteiger partial charge in [0.25, 0.3) is 0 Å². The molecule has 0 saturated heterocycles. The predicted octanol–water partition coefficient (Wildman–Crippen LogP) is 6.92. The van der Waals surface area contributed by atoms with E-state index < -0.39 is 7.22 Å². The zero-order valence-electron chi connectivity index (χ0n) is 15.5. The van der Waals surface area contributed by atoms with Crippen LogP contribution in [0.4, 0.5) is 0 Å². The van der Waals surface area contributed by atoms with Gasteiger partial charge in [0.2, 0.25) is 0 Å². The van der Waals surface area contributed by atoms with Crippen molar-refractivity contribution >= 4 is 29.3 Å². The number of hydrogen-bond donors (Lipinski definition) is 1. The molecule has 0 amide bonds. The van der Waals surface area contributed by atoms with Crippen molar-refractivity contribution in [2.45, 2.75) is 82.3 Å². The minimum absolute atomic E-state index is 0.789. The van der Waals surface area contributed by atoms with Crippen LogP contribution in [0.2, 0.25) is 16.6 Å². The Bertz CT molecular complexity index is 677. The largest absolute Gasteiger partial charge is 0.358 e. The quantitative estimate of drug-likeness (QED) is 0.581. The summed E-state index contributed by atoms with van der Waals surface area (Å²) >= 11 is 2.23. The highest BCUT2D eigenvalue weighted by molar-refractivity contribution is 8.29. The van der Waals surface area contributed by atoms with Gasteiger partial charge in [0.05, 0.1) is 0 Å². The molecule has 0 saturated carbocycles. The van der Waals surface area contributed by atoms with Crippen LogP contribution in [0.25, 0.3) is 10.9 Å². The molecular weight excluding hydrogens is 314 g/mol. The first-order chi connectivity index (χ1) is 10.9. The topological polar surface area (TPSA) is 15.8 Å². The highest BCUT2D eigenvalue weighted by Gasteiger charge is 2.44. The lowest BCUT2D eigenvalue weighted by Crippen LogP contribution is -2.40. The third kappa shape index (κ3) is 2.80. The van der Waals surface area contributed by atoms with Gasteiger partial charge in [-0.25, -0.2) is 0 Å². The molecule has 1 aromatic carbocycles. The normalized spacial score (nSPS) is 15.3. The van der Waals surface area contributed by atoms with E-state index in [1.54, 1.807) is 5.56 Å². The average Bonchev–Trinajstić information content (AvgIpc) is 3.03. The summed E-state index contributed by atoms with van der Waals surface area (Å²) in [5, 5.41) is 1.47. The summed E-state index contributed by atoms with van der Waals surface area (Å²) in [5.41, 5.74) is 6.79. The second-order valence-electron chi connectivity index (χ2n) is 8.06.